The van der Waals surface area contributed by atoms with Crippen LogP contribution in [0, 0.1) is 5.92 Å². The van der Waals surface area contributed by atoms with Crippen molar-refractivity contribution < 1.29 is 50.1 Å². The molecule has 0 radical (unpaired) electrons. The largest absolute Gasteiger partial charge is 0.496 e. The Kier molecular flexibility index (Phi) is 8.71. The lowest BCUT2D eigenvalue weighted by molar-refractivity contribution is -0.145. The average molecular weight is 678 g/mol. The smallest absolute Gasteiger partial charge is 0.416 e. The molecule has 4 atom stereocenters. The van der Waals surface area contributed by atoms with Gasteiger partial charge in [-0.1, -0.05) is 6.07 Å². The van der Waals surface area contributed by atoms with Gasteiger partial charge in [-0.05, 0) is 86.2 Å². The highest BCUT2D eigenvalue weighted by atomic mass is 19.4. The van der Waals surface area contributed by atoms with Crippen LogP contribution < -0.4 is 9.64 Å². The van der Waals surface area contributed by atoms with Crippen LogP contribution in [0.4, 0.5) is 37.0 Å². The van der Waals surface area contributed by atoms with Gasteiger partial charge in [0, 0.05) is 24.2 Å². The number of halogens is 6. The topological polar surface area (TPSA) is 81.2 Å². The first kappa shape index (κ1) is 33.4. The van der Waals surface area contributed by atoms with E-state index in [1.807, 2.05) is 29.2 Å². The zero-order valence-electron chi connectivity index (χ0n) is 26.3. The van der Waals surface area contributed by atoms with Crippen LogP contribution in [-0.2, 0) is 33.2 Å². The van der Waals surface area contributed by atoms with E-state index in [-0.39, 0.29) is 37.0 Å². The fourth-order valence-electron chi connectivity index (χ4n) is 6.28. The van der Waals surface area contributed by atoms with E-state index in [1.165, 1.54) is 18.9 Å². The summed E-state index contributed by atoms with van der Waals surface area (Å²) in [5.74, 6) is 0.590. The van der Waals surface area contributed by atoms with E-state index in [0.29, 0.717) is 46.9 Å². The molecule has 3 aliphatic rings. The number of benzene rings is 2. The SMILES string of the molecule is CCOC(=O)[C@H]1C[C@@H]1c1ccc(OC)c(-c2ccc(N3CCC3)nc2CN2C(=O)O[C@H](c3cc(C(F)(F)F)cc(C(F)(F)F)c3)[C@@H]2C)c1. The summed E-state index contributed by atoms with van der Waals surface area (Å²) in [5.41, 5.74) is -0.836. The van der Waals surface area contributed by atoms with Crippen molar-refractivity contribution in [3.8, 4) is 16.9 Å². The van der Waals surface area contributed by atoms with Crippen molar-refractivity contribution in [2.45, 2.75) is 63.7 Å². The van der Waals surface area contributed by atoms with E-state index in [9.17, 15) is 35.9 Å². The van der Waals surface area contributed by atoms with Gasteiger partial charge in [0.1, 0.15) is 17.7 Å². The Hall–Kier alpha value is -4.49. The number of ether oxygens (including phenoxy) is 3. The van der Waals surface area contributed by atoms with E-state index in [4.69, 9.17) is 19.2 Å². The predicted molar refractivity (Wildman–Crippen MR) is 161 cm³/mol. The summed E-state index contributed by atoms with van der Waals surface area (Å²) < 4.78 is 98.0. The molecule has 48 heavy (non-hydrogen) atoms. The van der Waals surface area contributed by atoms with Crippen LogP contribution in [0.3, 0.4) is 0 Å². The van der Waals surface area contributed by atoms with Gasteiger partial charge in [0.2, 0.25) is 0 Å². The van der Waals surface area contributed by atoms with Gasteiger partial charge in [-0.15, -0.1) is 0 Å². The number of carbonyl (C=O) groups is 2. The van der Waals surface area contributed by atoms with Crippen molar-refractivity contribution in [1.82, 2.24) is 9.88 Å². The molecule has 0 N–H and O–H groups in total. The first-order valence-corrected chi connectivity index (χ1v) is 15.6. The molecule has 2 aliphatic heterocycles. The minimum Gasteiger partial charge on any atom is -0.496 e. The van der Waals surface area contributed by atoms with Crippen molar-refractivity contribution >= 4 is 17.9 Å². The zero-order chi connectivity index (χ0) is 34.5. The number of anilines is 1. The second kappa shape index (κ2) is 12.5. The number of esters is 1. The van der Waals surface area contributed by atoms with Gasteiger partial charge < -0.3 is 19.1 Å². The number of nitrogens with zero attached hydrogens (tertiary/aromatic N) is 3. The molecular formula is C34H33F6N3O5. The number of aromatic nitrogens is 1. The first-order valence-electron chi connectivity index (χ1n) is 15.6. The van der Waals surface area contributed by atoms with E-state index in [0.717, 1.165) is 25.1 Å². The lowest BCUT2D eigenvalue weighted by Gasteiger charge is -2.33. The second-order valence-electron chi connectivity index (χ2n) is 12.2. The highest BCUT2D eigenvalue weighted by molar-refractivity contribution is 5.79. The number of methoxy groups -OCH3 is 1. The van der Waals surface area contributed by atoms with Crippen LogP contribution in [0.5, 0.6) is 5.75 Å². The Bertz CT molecular complexity index is 1690. The molecule has 2 saturated heterocycles. The fourth-order valence-corrected chi connectivity index (χ4v) is 6.28. The summed E-state index contributed by atoms with van der Waals surface area (Å²) in [6, 6.07) is 9.51. The standard InChI is InChI=1S/C34H33F6N3O5/c1-4-47-31(44)26-16-24(26)19-6-8-28(46-3)25(14-19)23-7-9-29(42-10-5-11-42)41-27(23)17-43-18(2)30(48-32(43)45)20-12-21(33(35,36)37)15-22(13-20)34(38,39)40/h6-9,12-15,18,24,26,30H,4-5,10-11,16-17H2,1-3H3/t18-,24+,26-,30-/m0/s1. The minimum absolute atomic E-state index is 0.0400. The van der Waals surface area contributed by atoms with Gasteiger partial charge in [0.25, 0.3) is 0 Å². The van der Waals surface area contributed by atoms with E-state index in [1.54, 1.807) is 13.0 Å². The van der Waals surface area contributed by atoms with Gasteiger partial charge >= 0.3 is 24.4 Å². The Balaban J connectivity index is 1.36. The van der Waals surface area contributed by atoms with E-state index in [2.05, 4.69) is 0 Å². The van der Waals surface area contributed by atoms with Gasteiger partial charge in [0.05, 0.1) is 49.0 Å². The number of hydrogen-bond donors (Lipinski definition) is 0. The molecule has 6 rings (SSSR count). The maximum atomic E-state index is 13.6. The van der Waals surface area contributed by atoms with Gasteiger partial charge in [-0.3, -0.25) is 9.69 Å². The Morgan fingerprint density at radius 2 is 1.65 bits per heavy atom. The fraction of sp³-hybridized carbons (Fsp3) is 0.441. The second-order valence-corrected chi connectivity index (χ2v) is 12.2. The number of pyridine rings is 1. The molecule has 3 heterocycles. The molecular weight excluding hydrogens is 644 g/mol. The van der Waals surface area contributed by atoms with Gasteiger partial charge in [-0.25, -0.2) is 9.78 Å². The normalized spacial score (nSPS) is 22.3. The van der Waals surface area contributed by atoms with E-state index < -0.39 is 47.3 Å². The lowest BCUT2D eigenvalue weighted by atomic mass is 9.96. The van der Waals surface area contributed by atoms with Crippen molar-refractivity contribution in [2.75, 3.05) is 31.7 Å². The summed E-state index contributed by atoms with van der Waals surface area (Å²) in [5, 5.41) is 0. The molecule has 2 aromatic carbocycles. The Morgan fingerprint density at radius 3 is 2.23 bits per heavy atom. The number of hydrogen-bond acceptors (Lipinski definition) is 7. The van der Waals surface area contributed by atoms with Crippen LogP contribution in [0.15, 0.2) is 48.5 Å². The number of carbonyl (C=O) groups excluding carboxylic acids is 2. The van der Waals surface area contributed by atoms with Crippen molar-refractivity contribution in [3.63, 3.8) is 0 Å². The molecule has 3 aromatic rings. The number of amides is 1. The monoisotopic (exact) mass is 677 g/mol. The molecule has 1 saturated carbocycles. The Labute approximate surface area is 272 Å². The van der Waals surface area contributed by atoms with Crippen LogP contribution in [0.25, 0.3) is 11.1 Å². The molecule has 0 unspecified atom stereocenters. The molecule has 1 amide bonds. The quantitative estimate of drug-likeness (QED) is 0.169. The molecule has 1 aromatic heterocycles. The van der Waals surface area contributed by atoms with Crippen LogP contribution in [0.2, 0.25) is 0 Å². The summed E-state index contributed by atoms with van der Waals surface area (Å²) >= 11 is 0. The molecule has 14 heteroatoms. The van der Waals surface area contributed by atoms with Crippen molar-refractivity contribution in [3.05, 3.63) is 76.5 Å². The highest BCUT2D eigenvalue weighted by Gasteiger charge is 2.46. The molecule has 3 fully saturated rings. The predicted octanol–water partition coefficient (Wildman–Crippen LogP) is 7.75. The van der Waals surface area contributed by atoms with Gasteiger partial charge in [0.15, 0.2) is 0 Å². The maximum absolute atomic E-state index is 13.6. The van der Waals surface area contributed by atoms with Crippen molar-refractivity contribution in [2.24, 2.45) is 5.92 Å². The third-order valence-electron chi connectivity index (χ3n) is 9.11. The number of cyclic esters (lactones) is 1. The van der Waals surface area contributed by atoms with E-state index >= 15 is 0 Å². The summed E-state index contributed by atoms with van der Waals surface area (Å²) in [6.07, 6.45) is -10.8. The van der Waals surface area contributed by atoms with Gasteiger partial charge in [-0.2, -0.15) is 26.3 Å². The minimum atomic E-state index is -5.05. The third kappa shape index (κ3) is 6.48. The first-order chi connectivity index (χ1) is 22.7. The summed E-state index contributed by atoms with van der Waals surface area (Å²) in [7, 11) is 1.51. The highest BCUT2D eigenvalue weighted by Crippen LogP contribution is 2.50. The summed E-state index contributed by atoms with van der Waals surface area (Å²) in [6.45, 7) is 4.94. The Morgan fingerprint density at radius 1 is 0.958 bits per heavy atom. The molecule has 256 valence electrons. The summed E-state index contributed by atoms with van der Waals surface area (Å²) in [4.78, 5) is 33.8. The zero-order valence-corrected chi connectivity index (χ0v) is 26.3. The van der Waals surface area contributed by atoms with Crippen LogP contribution in [-0.4, -0.2) is 54.8 Å². The van der Waals surface area contributed by atoms with Crippen molar-refractivity contribution in [1.29, 1.82) is 0 Å². The molecule has 1 aliphatic carbocycles. The molecule has 0 spiro atoms. The number of rotatable bonds is 9. The third-order valence-corrected chi connectivity index (χ3v) is 9.11. The van der Waals surface area contributed by atoms with Crippen LogP contribution >= 0.6 is 0 Å². The number of alkyl halides is 6. The lowest BCUT2D eigenvalue weighted by Crippen LogP contribution is -2.38. The molecule has 0 bridgehead atoms. The van der Waals surface area contributed by atoms with Crippen LogP contribution in [0.1, 0.15) is 66.7 Å². The maximum Gasteiger partial charge on any atom is 0.416 e. The molecule has 8 nitrogen and oxygen atoms in total. The average Bonchev–Trinajstić information content (AvgIpc) is 3.76.